The Hall–Kier alpha value is -2.66. The van der Waals surface area contributed by atoms with Crippen LogP contribution in [-0.4, -0.2) is 72.6 Å². The van der Waals surface area contributed by atoms with E-state index in [0.717, 1.165) is 66.1 Å². The molecule has 3 aromatic rings. The molecule has 2 saturated heterocycles. The van der Waals surface area contributed by atoms with E-state index in [1.807, 2.05) is 36.4 Å². The molecular weight excluding hydrogens is 540 g/mol. The summed E-state index contributed by atoms with van der Waals surface area (Å²) in [5.74, 6) is 2.99. The summed E-state index contributed by atoms with van der Waals surface area (Å²) in [6, 6.07) is 14.0. The maximum atomic E-state index is 12.5. The number of hydrogen-bond donors (Lipinski definition) is 2. The predicted octanol–water partition coefficient (Wildman–Crippen LogP) is 5.17. The highest BCUT2D eigenvalue weighted by Crippen LogP contribution is 2.35. The topological polar surface area (TPSA) is 82.6 Å². The van der Waals surface area contributed by atoms with Crippen molar-refractivity contribution in [1.29, 1.82) is 0 Å². The lowest BCUT2D eigenvalue weighted by atomic mass is 10.1. The molecule has 38 heavy (non-hydrogen) atoms. The van der Waals surface area contributed by atoms with Crippen molar-refractivity contribution in [3.63, 3.8) is 0 Å². The molecule has 0 aliphatic carbocycles. The number of benzene rings is 2. The summed E-state index contributed by atoms with van der Waals surface area (Å²) in [5.41, 5.74) is 4.40. The van der Waals surface area contributed by atoms with Gasteiger partial charge in [-0.2, -0.15) is 0 Å². The van der Waals surface area contributed by atoms with Gasteiger partial charge in [0.2, 0.25) is 11.9 Å². The third-order valence-electron chi connectivity index (χ3n) is 6.68. The molecule has 1 aromatic heterocycles. The van der Waals surface area contributed by atoms with Crippen LogP contribution in [-0.2, 0) is 11.2 Å². The highest BCUT2D eigenvalue weighted by molar-refractivity contribution is 8.77. The Labute approximate surface area is 236 Å². The number of aromatic nitrogens is 2. The molecule has 8 nitrogen and oxygen atoms in total. The van der Waals surface area contributed by atoms with E-state index >= 15 is 0 Å². The number of ether oxygens (including phenoxy) is 1. The number of rotatable bonds is 8. The number of carbonyl (C=O) groups is 1. The number of nitrogens with one attached hydrogen (secondary N) is 2. The molecule has 1 amide bonds. The largest absolute Gasteiger partial charge is 0.494 e. The summed E-state index contributed by atoms with van der Waals surface area (Å²) in [7, 11) is 7.31. The van der Waals surface area contributed by atoms with Crippen molar-refractivity contribution < 1.29 is 9.53 Å². The Bertz CT molecular complexity index is 1280. The van der Waals surface area contributed by atoms with Gasteiger partial charge in [0.25, 0.3) is 0 Å². The molecular formula is C27H31ClN6O2S2. The molecule has 0 unspecified atom stereocenters. The standard InChI is InChI=1S/C27H31ClN6O2S2/c1-33-8-10-34(11-9-33)21-6-7-23(25(14-21)36-2)31-27-29-15-22(28)24(32-27)13-18-4-3-5-20(12-18)30-26(35)19-16-37-38-17-19/h3-7,12,14-15,19H,8-11,13,16-17H2,1-2H3,(H,30,35)(H,29,31,32). The van der Waals surface area contributed by atoms with Gasteiger partial charge in [-0.3, -0.25) is 4.79 Å². The second-order valence-electron chi connectivity index (χ2n) is 9.42. The van der Waals surface area contributed by atoms with E-state index in [2.05, 4.69) is 38.5 Å². The highest BCUT2D eigenvalue weighted by Gasteiger charge is 2.24. The van der Waals surface area contributed by atoms with Gasteiger partial charge in [0, 0.05) is 61.5 Å². The Morgan fingerprint density at radius 2 is 1.92 bits per heavy atom. The van der Waals surface area contributed by atoms with Crippen molar-refractivity contribution >= 4 is 62.1 Å². The first-order valence-corrected chi connectivity index (χ1v) is 15.4. The molecule has 5 rings (SSSR count). The fraction of sp³-hybridized carbons (Fsp3) is 0.370. The number of halogens is 1. The first kappa shape index (κ1) is 26.9. The molecule has 0 atom stereocenters. The minimum atomic E-state index is 0.0474. The van der Waals surface area contributed by atoms with E-state index in [4.69, 9.17) is 21.3 Å². The molecule has 3 heterocycles. The number of likely N-dealkylation sites (N-methyl/N-ethyl adjacent to an activating group) is 1. The minimum absolute atomic E-state index is 0.0474. The lowest BCUT2D eigenvalue weighted by molar-refractivity contribution is -0.118. The number of nitrogens with zero attached hydrogens (tertiary/aromatic N) is 4. The lowest BCUT2D eigenvalue weighted by Gasteiger charge is -2.34. The van der Waals surface area contributed by atoms with Gasteiger partial charge in [0.05, 0.1) is 35.6 Å². The Morgan fingerprint density at radius 1 is 1.13 bits per heavy atom. The van der Waals surface area contributed by atoms with Gasteiger partial charge >= 0.3 is 0 Å². The molecule has 0 saturated carbocycles. The van der Waals surface area contributed by atoms with Gasteiger partial charge in [-0.05, 0) is 36.9 Å². The summed E-state index contributed by atoms with van der Waals surface area (Å²) in [6.07, 6.45) is 2.12. The zero-order valence-corrected chi connectivity index (χ0v) is 23.8. The van der Waals surface area contributed by atoms with E-state index < -0.39 is 0 Å². The third-order valence-corrected chi connectivity index (χ3v) is 9.55. The molecule has 2 fully saturated rings. The van der Waals surface area contributed by atoms with E-state index in [-0.39, 0.29) is 11.8 Å². The van der Waals surface area contributed by atoms with Crippen molar-refractivity contribution in [3.8, 4) is 5.75 Å². The number of carbonyl (C=O) groups excluding carboxylic acids is 1. The van der Waals surface area contributed by atoms with Gasteiger partial charge in [-0.1, -0.05) is 45.3 Å². The van der Waals surface area contributed by atoms with Crippen molar-refractivity contribution in [1.82, 2.24) is 14.9 Å². The first-order chi connectivity index (χ1) is 18.5. The quantitative estimate of drug-likeness (QED) is 0.356. The van der Waals surface area contributed by atoms with Crippen LogP contribution in [0.25, 0.3) is 0 Å². The number of piperazine rings is 1. The molecule has 2 aromatic carbocycles. The average Bonchev–Trinajstić information content (AvgIpc) is 3.47. The number of amides is 1. The monoisotopic (exact) mass is 570 g/mol. The second kappa shape index (κ2) is 12.5. The zero-order valence-electron chi connectivity index (χ0n) is 21.4. The van der Waals surface area contributed by atoms with Gasteiger partial charge in [-0.25, -0.2) is 9.97 Å². The van der Waals surface area contributed by atoms with Crippen molar-refractivity contribution in [2.45, 2.75) is 6.42 Å². The number of methoxy groups -OCH3 is 1. The maximum Gasteiger partial charge on any atom is 0.229 e. The van der Waals surface area contributed by atoms with Crippen molar-refractivity contribution in [2.24, 2.45) is 5.92 Å². The van der Waals surface area contributed by atoms with E-state index in [9.17, 15) is 4.79 Å². The summed E-state index contributed by atoms with van der Waals surface area (Å²) in [4.78, 5) is 26.3. The van der Waals surface area contributed by atoms with Crippen LogP contribution < -0.4 is 20.3 Å². The maximum absolute atomic E-state index is 12.5. The normalized spacial score (nSPS) is 16.4. The van der Waals surface area contributed by atoms with Crippen molar-refractivity contribution in [2.75, 3.05) is 67.4 Å². The number of hydrogen-bond acceptors (Lipinski definition) is 9. The van der Waals surface area contributed by atoms with Crippen LogP contribution in [0.5, 0.6) is 5.75 Å². The van der Waals surface area contributed by atoms with Crippen LogP contribution in [0.15, 0.2) is 48.7 Å². The highest BCUT2D eigenvalue weighted by atomic mass is 35.5. The summed E-state index contributed by atoms with van der Waals surface area (Å²) < 4.78 is 5.68. The van der Waals surface area contributed by atoms with Crippen LogP contribution >= 0.6 is 33.2 Å². The molecule has 2 aliphatic heterocycles. The molecule has 11 heteroatoms. The summed E-state index contributed by atoms with van der Waals surface area (Å²) in [5, 5.41) is 6.83. The van der Waals surface area contributed by atoms with Gasteiger partial charge in [-0.15, -0.1) is 0 Å². The van der Waals surface area contributed by atoms with Crippen LogP contribution in [0, 0.1) is 5.92 Å². The molecule has 0 radical (unpaired) electrons. The third kappa shape index (κ3) is 6.66. The van der Waals surface area contributed by atoms with Gasteiger partial charge in [0.1, 0.15) is 5.75 Å². The molecule has 200 valence electrons. The summed E-state index contributed by atoms with van der Waals surface area (Å²) >= 11 is 6.47. The predicted molar refractivity (Wildman–Crippen MR) is 159 cm³/mol. The SMILES string of the molecule is COc1cc(N2CCN(C)CC2)ccc1Nc1ncc(Cl)c(Cc2cccc(NC(=O)C3CSSC3)c2)n1. The smallest absolute Gasteiger partial charge is 0.229 e. The molecule has 0 spiro atoms. The van der Waals surface area contributed by atoms with E-state index in [1.54, 1.807) is 34.9 Å². The average molecular weight is 571 g/mol. The zero-order chi connectivity index (χ0) is 26.5. The minimum Gasteiger partial charge on any atom is -0.494 e. The lowest BCUT2D eigenvalue weighted by Crippen LogP contribution is -2.44. The van der Waals surface area contributed by atoms with Crippen LogP contribution in [0.4, 0.5) is 23.0 Å². The van der Waals surface area contributed by atoms with E-state index in [1.165, 1.54) is 0 Å². The van der Waals surface area contributed by atoms with Crippen molar-refractivity contribution in [3.05, 3.63) is 64.9 Å². The number of anilines is 4. The molecule has 2 N–H and O–H groups in total. The first-order valence-electron chi connectivity index (χ1n) is 12.5. The van der Waals surface area contributed by atoms with E-state index in [0.29, 0.717) is 23.1 Å². The van der Waals surface area contributed by atoms with Crippen LogP contribution in [0.2, 0.25) is 5.02 Å². The second-order valence-corrected chi connectivity index (χ2v) is 12.4. The Morgan fingerprint density at radius 3 is 2.68 bits per heavy atom. The Balaban J connectivity index is 1.28. The molecule has 0 bridgehead atoms. The Kier molecular flexibility index (Phi) is 8.83. The van der Waals surface area contributed by atoms with Crippen LogP contribution in [0.1, 0.15) is 11.3 Å². The van der Waals surface area contributed by atoms with Gasteiger partial charge < -0.3 is 25.2 Å². The fourth-order valence-corrected chi connectivity index (χ4v) is 7.34. The fourth-order valence-electron chi connectivity index (χ4n) is 4.41. The molecule has 2 aliphatic rings. The van der Waals surface area contributed by atoms with Gasteiger partial charge in [0.15, 0.2) is 0 Å². The van der Waals surface area contributed by atoms with Crippen LogP contribution in [0.3, 0.4) is 0 Å². The summed E-state index contributed by atoms with van der Waals surface area (Å²) in [6.45, 7) is 4.05.